The summed E-state index contributed by atoms with van der Waals surface area (Å²) in [5.74, 6) is 1.50. The number of nitrogens with one attached hydrogen (secondary N) is 1. The van der Waals surface area contributed by atoms with Gasteiger partial charge >= 0.3 is 6.03 Å². The molecule has 2 aromatic rings. The average Bonchev–Trinajstić information content (AvgIpc) is 3.24. The molecule has 0 aliphatic carbocycles. The topological polar surface area (TPSA) is 54.0 Å². The number of rotatable bonds is 7. The van der Waals surface area contributed by atoms with Crippen LogP contribution in [0.2, 0.25) is 0 Å². The number of halogens is 1. The summed E-state index contributed by atoms with van der Waals surface area (Å²) in [6.07, 6.45) is 4.80. The molecule has 1 fully saturated rings. The summed E-state index contributed by atoms with van der Waals surface area (Å²) in [5, 5.41) is 3.05. The number of piperidine rings is 1. The zero-order valence-corrected chi connectivity index (χ0v) is 19.6. The number of likely N-dealkylation sites (tertiary alicyclic amines) is 1. The van der Waals surface area contributed by atoms with Gasteiger partial charge in [0.15, 0.2) is 11.5 Å². The number of hydrogen-bond acceptors (Lipinski definition) is 4. The van der Waals surface area contributed by atoms with Crippen LogP contribution < -0.4 is 14.8 Å². The Balaban J connectivity index is 1.43. The van der Waals surface area contributed by atoms with E-state index in [1.165, 1.54) is 19.3 Å². The first-order chi connectivity index (χ1) is 15.1. The van der Waals surface area contributed by atoms with Crippen molar-refractivity contribution in [3.05, 3.63) is 52.5 Å². The highest BCUT2D eigenvalue weighted by Crippen LogP contribution is 2.33. The van der Waals surface area contributed by atoms with Crippen LogP contribution >= 0.6 is 15.9 Å². The van der Waals surface area contributed by atoms with Gasteiger partial charge in [-0.05, 0) is 78.5 Å². The van der Waals surface area contributed by atoms with Gasteiger partial charge < -0.3 is 24.6 Å². The minimum atomic E-state index is -0.101. The maximum absolute atomic E-state index is 13.2. The van der Waals surface area contributed by atoms with Crippen LogP contribution in [0, 0.1) is 0 Å². The van der Waals surface area contributed by atoms with Crippen molar-refractivity contribution in [2.45, 2.75) is 45.2 Å². The molecular weight excluding hydrogens is 458 g/mol. The van der Waals surface area contributed by atoms with Crippen molar-refractivity contribution in [2.24, 2.45) is 0 Å². The third kappa shape index (κ3) is 5.71. The lowest BCUT2D eigenvalue weighted by atomic mass is 10.0. The van der Waals surface area contributed by atoms with Crippen molar-refractivity contribution in [1.82, 2.24) is 9.80 Å². The highest BCUT2D eigenvalue weighted by atomic mass is 79.9. The number of carbonyl (C=O) groups excluding carboxylic acids is 1. The Kier molecular flexibility index (Phi) is 7.35. The number of hydrogen-bond donors (Lipinski definition) is 1. The molecular formula is C24H30BrN3O3. The van der Waals surface area contributed by atoms with Crippen LogP contribution in [0.15, 0.2) is 46.9 Å². The summed E-state index contributed by atoms with van der Waals surface area (Å²) in [7, 11) is 0. The van der Waals surface area contributed by atoms with Gasteiger partial charge in [0.05, 0.1) is 5.69 Å². The van der Waals surface area contributed by atoms with Crippen LogP contribution in [-0.4, -0.2) is 48.3 Å². The van der Waals surface area contributed by atoms with Gasteiger partial charge in [-0.3, -0.25) is 0 Å². The van der Waals surface area contributed by atoms with Crippen molar-refractivity contribution >= 4 is 27.6 Å². The van der Waals surface area contributed by atoms with Crippen molar-refractivity contribution in [2.75, 3.05) is 31.7 Å². The van der Waals surface area contributed by atoms with Crippen LogP contribution in [-0.2, 0) is 6.54 Å². The van der Waals surface area contributed by atoms with Gasteiger partial charge in [0, 0.05) is 30.1 Å². The Labute approximate surface area is 192 Å². The second-order valence-corrected chi connectivity index (χ2v) is 9.11. The maximum atomic E-state index is 13.2. The third-order valence-corrected chi connectivity index (χ3v) is 6.72. The summed E-state index contributed by atoms with van der Waals surface area (Å²) in [5.41, 5.74) is 1.80. The van der Waals surface area contributed by atoms with Crippen molar-refractivity contribution in [3.63, 3.8) is 0 Å². The number of ether oxygens (including phenoxy) is 2. The molecule has 0 radical (unpaired) electrons. The monoisotopic (exact) mass is 487 g/mol. The molecule has 0 aromatic heterocycles. The second kappa shape index (κ2) is 10.4. The summed E-state index contributed by atoms with van der Waals surface area (Å²) < 4.78 is 11.8. The molecule has 1 saturated heterocycles. The average molecular weight is 488 g/mol. The number of anilines is 1. The van der Waals surface area contributed by atoms with Gasteiger partial charge in [0.2, 0.25) is 6.79 Å². The van der Waals surface area contributed by atoms with E-state index in [1.807, 2.05) is 47.4 Å². The lowest BCUT2D eigenvalue weighted by Crippen LogP contribution is -2.40. The smallest absolute Gasteiger partial charge is 0.322 e. The fourth-order valence-electron chi connectivity index (χ4n) is 4.22. The van der Waals surface area contributed by atoms with Gasteiger partial charge in [-0.1, -0.05) is 24.6 Å². The third-order valence-electron chi connectivity index (χ3n) is 6.03. The number of nitrogens with zero attached hydrogens (tertiary/aromatic N) is 2. The van der Waals surface area contributed by atoms with Gasteiger partial charge in [0.1, 0.15) is 0 Å². The molecule has 1 atom stereocenters. The fraction of sp³-hybridized carbons (Fsp3) is 0.458. The largest absolute Gasteiger partial charge is 0.454 e. The summed E-state index contributed by atoms with van der Waals surface area (Å²) >= 11 is 3.52. The number of para-hydroxylation sites is 1. The number of fused-ring (bicyclic) bond motifs is 1. The van der Waals surface area contributed by atoms with E-state index in [9.17, 15) is 4.79 Å². The lowest BCUT2D eigenvalue weighted by Gasteiger charge is -2.34. The van der Waals surface area contributed by atoms with Gasteiger partial charge in [-0.15, -0.1) is 0 Å². The Bertz CT molecular complexity index is 907. The quantitative estimate of drug-likeness (QED) is 0.561. The molecule has 2 aromatic carbocycles. The van der Waals surface area contributed by atoms with E-state index in [-0.39, 0.29) is 12.8 Å². The zero-order valence-electron chi connectivity index (χ0n) is 18.0. The van der Waals surface area contributed by atoms with E-state index < -0.39 is 0 Å². The Morgan fingerprint density at radius 3 is 2.87 bits per heavy atom. The number of amides is 2. The normalized spacial score (nSPS) is 18.1. The van der Waals surface area contributed by atoms with Crippen molar-refractivity contribution in [3.8, 4) is 11.5 Å². The van der Waals surface area contributed by atoms with Crippen LogP contribution in [0.4, 0.5) is 10.5 Å². The fourth-order valence-corrected chi connectivity index (χ4v) is 4.61. The molecule has 0 bridgehead atoms. The van der Waals surface area contributed by atoms with E-state index in [0.29, 0.717) is 19.1 Å². The standard InChI is InChI=1S/C24H30BrN3O3/c1-18-7-4-5-12-27(18)13-6-14-28(24(29)26-21-9-3-2-8-20(21)25)16-19-10-11-22-23(15-19)31-17-30-22/h2-3,8-11,15,18H,4-7,12-14,16-17H2,1H3,(H,26,29). The molecule has 2 aliphatic rings. The predicted octanol–water partition coefficient (Wildman–Crippen LogP) is 5.48. The van der Waals surface area contributed by atoms with E-state index in [4.69, 9.17) is 9.47 Å². The van der Waals surface area contributed by atoms with Crippen molar-refractivity contribution in [1.29, 1.82) is 0 Å². The Morgan fingerprint density at radius 2 is 2.03 bits per heavy atom. The molecule has 7 heteroatoms. The molecule has 1 unspecified atom stereocenters. The van der Waals surface area contributed by atoms with Crippen molar-refractivity contribution < 1.29 is 14.3 Å². The van der Waals surface area contributed by atoms with E-state index in [2.05, 4.69) is 33.1 Å². The van der Waals surface area contributed by atoms with Crippen LogP contribution in [0.1, 0.15) is 38.2 Å². The van der Waals surface area contributed by atoms with Gasteiger partial charge in [0.25, 0.3) is 0 Å². The van der Waals surface area contributed by atoms with Crippen LogP contribution in [0.5, 0.6) is 11.5 Å². The summed E-state index contributed by atoms with van der Waals surface area (Å²) in [6, 6.07) is 14.1. The summed E-state index contributed by atoms with van der Waals surface area (Å²) in [6.45, 7) is 5.94. The van der Waals surface area contributed by atoms with Crippen LogP contribution in [0.25, 0.3) is 0 Å². The van der Waals surface area contributed by atoms with Gasteiger partial charge in [-0.25, -0.2) is 4.79 Å². The predicted molar refractivity (Wildman–Crippen MR) is 126 cm³/mol. The highest BCUT2D eigenvalue weighted by molar-refractivity contribution is 9.10. The molecule has 4 rings (SSSR count). The Hall–Kier alpha value is -2.25. The first-order valence-electron chi connectivity index (χ1n) is 11.0. The van der Waals surface area contributed by atoms with Crippen LogP contribution in [0.3, 0.4) is 0 Å². The molecule has 2 heterocycles. The molecule has 31 heavy (non-hydrogen) atoms. The minimum Gasteiger partial charge on any atom is -0.454 e. The summed E-state index contributed by atoms with van der Waals surface area (Å²) in [4.78, 5) is 17.6. The maximum Gasteiger partial charge on any atom is 0.322 e. The lowest BCUT2D eigenvalue weighted by molar-refractivity contribution is 0.150. The second-order valence-electron chi connectivity index (χ2n) is 8.25. The number of benzene rings is 2. The van der Waals surface area contributed by atoms with E-state index in [1.54, 1.807) is 0 Å². The molecule has 166 valence electrons. The molecule has 2 amide bonds. The first-order valence-corrected chi connectivity index (χ1v) is 11.8. The Morgan fingerprint density at radius 1 is 1.19 bits per heavy atom. The number of carbonyl (C=O) groups is 1. The molecule has 6 nitrogen and oxygen atoms in total. The van der Waals surface area contributed by atoms with E-state index in [0.717, 1.165) is 46.7 Å². The zero-order chi connectivity index (χ0) is 21.6. The molecule has 0 saturated carbocycles. The first kappa shape index (κ1) is 22.0. The number of urea groups is 1. The highest BCUT2D eigenvalue weighted by Gasteiger charge is 2.21. The minimum absolute atomic E-state index is 0.101. The van der Waals surface area contributed by atoms with Gasteiger partial charge in [-0.2, -0.15) is 0 Å². The molecule has 0 spiro atoms. The SMILES string of the molecule is CC1CCCCN1CCCN(Cc1ccc2c(c1)OCO2)C(=O)Nc1ccccc1Br. The van der Waals surface area contributed by atoms with E-state index >= 15 is 0 Å². The molecule has 2 aliphatic heterocycles. The molecule has 1 N–H and O–H groups in total.